The molecular weight excluding hydrogens is 346 g/mol. The summed E-state index contributed by atoms with van der Waals surface area (Å²) in [5.41, 5.74) is 5.38. The molecule has 9 heteroatoms. The number of carbonyl (C=O) groups is 1. The lowest BCUT2D eigenvalue weighted by molar-refractivity contribution is -0.126. The lowest BCUT2D eigenvalue weighted by Gasteiger charge is -2.30. The van der Waals surface area contributed by atoms with Crippen LogP contribution in [-0.2, 0) is 14.8 Å². The van der Waals surface area contributed by atoms with Crippen LogP contribution in [0, 0.1) is 5.92 Å². The fraction of sp³-hybridized carbons (Fsp3) is 0.562. The normalized spacial score (nSPS) is 18.8. The summed E-state index contributed by atoms with van der Waals surface area (Å²) in [6.07, 6.45) is 1.00. The quantitative estimate of drug-likeness (QED) is 0.752. The van der Waals surface area contributed by atoms with Gasteiger partial charge in [0.2, 0.25) is 15.9 Å². The van der Waals surface area contributed by atoms with Crippen molar-refractivity contribution in [2.45, 2.75) is 17.7 Å². The molecule has 1 amide bonds. The number of nitrogens with zero attached hydrogens (tertiary/aromatic N) is 1. The number of benzene rings is 1. The van der Waals surface area contributed by atoms with Gasteiger partial charge >= 0.3 is 0 Å². The highest BCUT2D eigenvalue weighted by Crippen LogP contribution is 2.34. The molecule has 0 aromatic heterocycles. The van der Waals surface area contributed by atoms with E-state index in [1.54, 1.807) is 6.07 Å². The van der Waals surface area contributed by atoms with E-state index < -0.39 is 10.0 Å². The molecule has 3 N–H and O–H groups in total. The molecule has 3 rings (SSSR count). The molecule has 1 saturated heterocycles. The molecule has 0 aliphatic carbocycles. The Morgan fingerprint density at radius 2 is 1.88 bits per heavy atom. The highest BCUT2D eigenvalue weighted by Gasteiger charge is 2.32. The van der Waals surface area contributed by atoms with Crippen molar-refractivity contribution in [2.24, 2.45) is 11.7 Å². The summed E-state index contributed by atoms with van der Waals surface area (Å²) < 4.78 is 38.0. The second-order valence-electron chi connectivity index (χ2n) is 6.06. The molecular formula is C16H23N3O5S. The Kier molecular flexibility index (Phi) is 5.45. The lowest BCUT2D eigenvalue weighted by Crippen LogP contribution is -2.43. The number of hydrogen-bond acceptors (Lipinski definition) is 6. The van der Waals surface area contributed by atoms with Crippen molar-refractivity contribution in [3.63, 3.8) is 0 Å². The van der Waals surface area contributed by atoms with Crippen LogP contribution in [0.2, 0.25) is 0 Å². The fourth-order valence-electron chi connectivity index (χ4n) is 3.03. The summed E-state index contributed by atoms with van der Waals surface area (Å²) >= 11 is 0. The van der Waals surface area contributed by atoms with E-state index in [0.29, 0.717) is 63.7 Å². The van der Waals surface area contributed by atoms with Gasteiger partial charge in [0.1, 0.15) is 13.2 Å². The number of fused-ring (bicyclic) bond motifs is 1. The summed E-state index contributed by atoms with van der Waals surface area (Å²) in [4.78, 5) is 12.2. The van der Waals surface area contributed by atoms with Gasteiger partial charge in [0, 0.05) is 38.2 Å². The van der Waals surface area contributed by atoms with Gasteiger partial charge in [-0.25, -0.2) is 8.42 Å². The summed E-state index contributed by atoms with van der Waals surface area (Å²) in [6, 6.07) is 4.65. The minimum atomic E-state index is -3.62. The van der Waals surface area contributed by atoms with Gasteiger partial charge in [-0.1, -0.05) is 0 Å². The molecule has 2 aliphatic heterocycles. The Bertz CT molecular complexity index is 729. The minimum absolute atomic E-state index is 0.0539. The molecule has 0 atom stereocenters. The van der Waals surface area contributed by atoms with E-state index >= 15 is 0 Å². The molecule has 0 bridgehead atoms. The van der Waals surface area contributed by atoms with Crippen molar-refractivity contribution in [1.82, 2.24) is 9.62 Å². The number of rotatable bonds is 5. The molecule has 2 heterocycles. The van der Waals surface area contributed by atoms with Crippen molar-refractivity contribution < 1.29 is 22.7 Å². The van der Waals surface area contributed by atoms with Crippen LogP contribution < -0.4 is 20.5 Å². The van der Waals surface area contributed by atoms with E-state index in [2.05, 4.69) is 5.32 Å². The van der Waals surface area contributed by atoms with Crippen molar-refractivity contribution in [2.75, 3.05) is 39.4 Å². The van der Waals surface area contributed by atoms with Gasteiger partial charge in [-0.3, -0.25) is 4.79 Å². The largest absolute Gasteiger partial charge is 0.486 e. The van der Waals surface area contributed by atoms with Crippen LogP contribution in [0.4, 0.5) is 0 Å². The molecule has 0 unspecified atom stereocenters. The maximum Gasteiger partial charge on any atom is 0.243 e. The maximum atomic E-state index is 12.8. The van der Waals surface area contributed by atoms with Crippen LogP contribution in [0.1, 0.15) is 12.8 Å². The summed E-state index contributed by atoms with van der Waals surface area (Å²) in [5, 5.41) is 2.76. The van der Waals surface area contributed by atoms with E-state index in [0.717, 1.165) is 0 Å². The lowest BCUT2D eigenvalue weighted by atomic mass is 9.97. The number of nitrogens with one attached hydrogen (secondary N) is 1. The molecule has 8 nitrogen and oxygen atoms in total. The van der Waals surface area contributed by atoms with Gasteiger partial charge in [0.05, 0.1) is 4.90 Å². The van der Waals surface area contributed by atoms with Gasteiger partial charge < -0.3 is 20.5 Å². The van der Waals surface area contributed by atoms with Crippen LogP contribution >= 0.6 is 0 Å². The standard InChI is InChI=1S/C16H23N3O5S/c17-5-6-18-16(20)12-3-7-19(8-4-12)25(21,22)13-1-2-14-15(11-13)24-10-9-23-14/h1-2,11-12H,3-10,17H2,(H,18,20). The monoisotopic (exact) mass is 369 g/mol. The maximum absolute atomic E-state index is 12.8. The third kappa shape index (κ3) is 3.88. The van der Waals surface area contributed by atoms with Crippen molar-refractivity contribution in [1.29, 1.82) is 0 Å². The average molecular weight is 369 g/mol. The van der Waals surface area contributed by atoms with Gasteiger partial charge in [-0.2, -0.15) is 4.31 Å². The zero-order valence-corrected chi connectivity index (χ0v) is 14.8. The topological polar surface area (TPSA) is 111 Å². The number of nitrogens with two attached hydrogens (primary N) is 1. The van der Waals surface area contributed by atoms with Crippen LogP contribution in [0.5, 0.6) is 11.5 Å². The van der Waals surface area contributed by atoms with Gasteiger partial charge in [-0.15, -0.1) is 0 Å². The van der Waals surface area contributed by atoms with Gasteiger partial charge in [0.15, 0.2) is 11.5 Å². The van der Waals surface area contributed by atoms with E-state index in [1.165, 1.54) is 16.4 Å². The fourth-order valence-corrected chi connectivity index (χ4v) is 4.52. The first-order chi connectivity index (χ1) is 12.0. The zero-order chi connectivity index (χ0) is 17.9. The Labute approximate surface area is 147 Å². The van der Waals surface area contributed by atoms with Crippen LogP contribution in [-0.4, -0.2) is 58.0 Å². The molecule has 1 aromatic carbocycles. The summed E-state index contributed by atoms with van der Waals surface area (Å²) in [6.45, 7) is 2.32. The van der Waals surface area contributed by atoms with E-state index in [9.17, 15) is 13.2 Å². The molecule has 0 radical (unpaired) electrons. The molecule has 25 heavy (non-hydrogen) atoms. The Morgan fingerprint density at radius 3 is 2.56 bits per heavy atom. The summed E-state index contributed by atoms with van der Waals surface area (Å²) in [7, 11) is -3.62. The van der Waals surface area contributed by atoms with Gasteiger partial charge in [-0.05, 0) is 25.0 Å². The first-order valence-corrected chi connectivity index (χ1v) is 9.84. The van der Waals surface area contributed by atoms with Gasteiger partial charge in [0.25, 0.3) is 0 Å². The predicted molar refractivity (Wildman–Crippen MR) is 91.0 cm³/mol. The van der Waals surface area contributed by atoms with Crippen molar-refractivity contribution >= 4 is 15.9 Å². The van der Waals surface area contributed by atoms with Crippen LogP contribution in [0.15, 0.2) is 23.1 Å². The first kappa shape index (κ1) is 18.0. The number of hydrogen-bond donors (Lipinski definition) is 2. The van der Waals surface area contributed by atoms with E-state index in [4.69, 9.17) is 15.2 Å². The van der Waals surface area contributed by atoms with Crippen molar-refractivity contribution in [3.8, 4) is 11.5 Å². The van der Waals surface area contributed by atoms with Crippen LogP contribution in [0.3, 0.4) is 0 Å². The molecule has 1 aromatic rings. The average Bonchev–Trinajstić information content (AvgIpc) is 2.65. The Morgan fingerprint density at radius 1 is 1.20 bits per heavy atom. The van der Waals surface area contributed by atoms with Crippen molar-refractivity contribution in [3.05, 3.63) is 18.2 Å². The SMILES string of the molecule is NCCNC(=O)C1CCN(S(=O)(=O)c2ccc3c(c2)OCCO3)CC1. The number of carbonyl (C=O) groups excluding carboxylic acids is 1. The van der Waals surface area contributed by atoms with E-state index in [-0.39, 0.29) is 16.7 Å². The number of sulfonamides is 1. The third-order valence-corrected chi connectivity index (χ3v) is 6.31. The highest BCUT2D eigenvalue weighted by molar-refractivity contribution is 7.89. The second kappa shape index (κ2) is 7.59. The Balaban J connectivity index is 1.67. The third-order valence-electron chi connectivity index (χ3n) is 4.42. The summed E-state index contributed by atoms with van der Waals surface area (Å²) in [5.74, 6) is 0.781. The molecule has 0 saturated carbocycles. The molecule has 2 aliphatic rings. The number of piperidine rings is 1. The number of amides is 1. The van der Waals surface area contributed by atoms with E-state index in [1.807, 2.05) is 0 Å². The molecule has 1 fully saturated rings. The highest BCUT2D eigenvalue weighted by atomic mass is 32.2. The predicted octanol–water partition coefficient (Wildman–Crippen LogP) is -0.0666. The molecule has 138 valence electrons. The second-order valence-corrected chi connectivity index (χ2v) is 8.00. The van der Waals surface area contributed by atoms with Crippen LogP contribution in [0.25, 0.3) is 0 Å². The minimum Gasteiger partial charge on any atom is -0.486 e. The zero-order valence-electron chi connectivity index (χ0n) is 13.9. The number of ether oxygens (including phenoxy) is 2. The smallest absolute Gasteiger partial charge is 0.243 e. The molecule has 0 spiro atoms. The Hall–Kier alpha value is -1.84. The first-order valence-electron chi connectivity index (χ1n) is 8.40.